The largest absolute Gasteiger partial charge is 0.392 e. The predicted octanol–water partition coefficient (Wildman–Crippen LogP) is 5.82. The van der Waals surface area contributed by atoms with Crippen molar-refractivity contribution in [3.63, 3.8) is 0 Å². The van der Waals surface area contributed by atoms with Crippen molar-refractivity contribution in [2.24, 2.45) is 29.6 Å². The summed E-state index contributed by atoms with van der Waals surface area (Å²) in [7, 11) is 0. The third kappa shape index (κ3) is 3.66. The zero-order chi connectivity index (χ0) is 14.0. The van der Waals surface area contributed by atoms with Crippen LogP contribution < -0.4 is 0 Å². The van der Waals surface area contributed by atoms with Crippen LogP contribution in [0.2, 0.25) is 0 Å². The van der Waals surface area contributed by atoms with Gasteiger partial charge in [0.25, 0.3) is 0 Å². The average molecular weight is 276 g/mol. The van der Waals surface area contributed by atoms with Gasteiger partial charge in [-0.3, -0.25) is 0 Å². The molecule has 3 atom stereocenters. The summed E-state index contributed by atoms with van der Waals surface area (Å²) >= 11 is 0. The molecule has 0 amide bonds. The highest BCUT2D eigenvalue weighted by atomic mass is 19.4. The van der Waals surface area contributed by atoms with Crippen molar-refractivity contribution in [3.05, 3.63) is 0 Å². The Morgan fingerprint density at radius 3 is 2.00 bits per heavy atom. The van der Waals surface area contributed by atoms with Gasteiger partial charge in [0.05, 0.1) is 5.92 Å². The number of halogens is 3. The molecule has 0 aromatic rings. The van der Waals surface area contributed by atoms with Gasteiger partial charge in [-0.25, -0.2) is 0 Å². The van der Waals surface area contributed by atoms with Crippen molar-refractivity contribution in [2.45, 2.75) is 71.4 Å². The fraction of sp³-hybridized carbons (Fsp3) is 1.00. The quantitative estimate of drug-likeness (QED) is 0.596. The number of alkyl halides is 3. The first kappa shape index (κ1) is 15.2. The standard InChI is InChI=1S/C16H27F3/c1-3-12-5-8-13(9-6-12)14-7-4-11(2)15(10-14)16(17,18)19/h11-15H,3-10H2,1-2H3/t11-,12?,13?,14-,15?/m1/s1. The van der Waals surface area contributed by atoms with E-state index < -0.39 is 12.1 Å². The highest BCUT2D eigenvalue weighted by Gasteiger charge is 2.47. The molecule has 0 bridgehead atoms. The summed E-state index contributed by atoms with van der Waals surface area (Å²) in [6.45, 7) is 4.01. The molecule has 112 valence electrons. The van der Waals surface area contributed by atoms with Gasteiger partial charge >= 0.3 is 6.18 Å². The maximum atomic E-state index is 13.0. The molecular weight excluding hydrogens is 249 g/mol. The van der Waals surface area contributed by atoms with Crippen LogP contribution in [0.15, 0.2) is 0 Å². The Balaban J connectivity index is 1.91. The third-order valence-electron chi connectivity index (χ3n) is 5.79. The van der Waals surface area contributed by atoms with Crippen LogP contribution in [0.4, 0.5) is 13.2 Å². The monoisotopic (exact) mass is 276 g/mol. The first-order valence-electron chi connectivity index (χ1n) is 7.98. The van der Waals surface area contributed by atoms with Crippen LogP contribution in [-0.2, 0) is 0 Å². The second-order valence-electron chi connectivity index (χ2n) is 6.89. The van der Waals surface area contributed by atoms with E-state index in [2.05, 4.69) is 6.92 Å². The lowest BCUT2D eigenvalue weighted by atomic mass is 9.66. The van der Waals surface area contributed by atoms with Crippen molar-refractivity contribution in [3.8, 4) is 0 Å². The lowest BCUT2D eigenvalue weighted by Gasteiger charge is -2.41. The number of rotatable bonds is 2. The molecule has 0 saturated heterocycles. The average Bonchev–Trinajstić information content (AvgIpc) is 2.38. The van der Waals surface area contributed by atoms with Gasteiger partial charge in [-0.2, -0.15) is 13.2 Å². The zero-order valence-electron chi connectivity index (χ0n) is 12.2. The van der Waals surface area contributed by atoms with Gasteiger partial charge in [0, 0.05) is 0 Å². The van der Waals surface area contributed by atoms with E-state index in [-0.39, 0.29) is 5.92 Å². The molecule has 0 aromatic heterocycles. The third-order valence-corrected chi connectivity index (χ3v) is 5.79. The van der Waals surface area contributed by atoms with Crippen LogP contribution in [-0.4, -0.2) is 6.18 Å². The van der Waals surface area contributed by atoms with Crippen LogP contribution in [0.3, 0.4) is 0 Å². The maximum Gasteiger partial charge on any atom is 0.392 e. The summed E-state index contributed by atoms with van der Waals surface area (Å²) in [5.74, 6) is 0.510. The summed E-state index contributed by atoms with van der Waals surface area (Å²) in [6, 6.07) is 0. The van der Waals surface area contributed by atoms with E-state index in [1.807, 2.05) is 0 Å². The molecule has 0 radical (unpaired) electrons. The van der Waals surface area contributed by atoms with E-state index in [9.17, 15) is 13.2 Å². The Morgan fingerprint density at radius 1 is 0.895 bits per heavy atom. The maximum absolute atomic E-state index is 13.0. The van der Waals surface area contributed by atoms with Crippen LogP contribution >= 0.6 is 0 Å². The second kappa shape index (κ2) is 6.05. The van der Waals surface area contributed by atoms with Gasteiger partial charge < -0.3 is 0 Å². The van der Waals surface area contributed by atoms with Crippen LogP contribution in [0.5, 0.6) is 0 Å². The normalized spacial score (nSPS) is 41.2. The SMILES string of the molecule is CCC1CCC([C@@H]2CC[C@@H](C)C(C(F)(F)F)C2)CC1. The first-order valence-corrected chi connectivity index (χ1v) is 7.98. The van der Waals surface area contributed by atoms with Crippen molar-refractivity contribution in [1.29, 1.82) is 0 Å². The lowest BCUT2D eigenvalue weighted by molar-refractivity contribution is -0.201. The first-order chi connectivity index (χ1) is 8.91. The van der Waals surface area contributed by atoms with Gasteiger partial charge in [-0.15, -0.1) is 0 Å². The zero-order valence-corrected chi connectivity index (χ0v) is 12.2. The van der Waals surface area contributed by atoms with Crippen molar-refractivity contribution in [2.75, 3.05) is 0 Å². The molecular formula is C16H27F3. The lowest BCUT2D eigenvalue weighted by Crippen LogP contribution is -2.37. The van der Waals surface area contributed by atoms with Crippen molar-refractivity contribution in [1.82, 2.24) is 0 Å². The van der Waals surface area contributed by atoms with E-state index in [0.29, 0.717) is 18.3 Å². The Kier molecular flexibility index (Phi) is 4.84. The molecule has 2 rings (SSSR count). The minimum absolute atomic E-state index is 0.178. The van der Waals surface area contributed by atoms with Gasteiger partial charge in [0.15, 0.2) is 0 Å². The molecule has 0 nitrogen and oxygen atoms in total. The minimum Gasteiger partial charge on any atom is -0.171 e. The molecule has 19 heavy (non-hydrogen) atoms. The van der Waals surface area contributed by atoms with E-state index in [0.717, 1.165) is 18.8 Å². The fourth-order valence-electron chi connectivity index (χ4n) is 4.31. The summed E-state index contributed by atoms with van der Waals surface area (Å²) in [5.41, 5.74) is 0. The van der Waals surface area contributed by atoms with E-state index in [1.165, 1.54) is 32.1 Å². The molecule has 0 N–H and O–H groups in total. The Morgan fingerprint density at radius 2 is 1.47 bits per heavy atom. The van der Waals surface area contributed by atoms with Crippen molar-refractivity contribution >= 4 is 0 Å². The molecule has 2 aliphatic carbocycles. The molecule has 3 heteroatoms. The van der Waals surface area contributed by atoms with Gasteiger partial charge in [0.2, 0.25) is 0 Å². The molecule has 2 fully saturated rings. The Hall–Kier alpha value is -0.210. The van der Waals surface area contributed by atoms with Gasteiger partial charge in [0.1, 0.15) is 0 Å². The number of hydrogen-bond acceptors (Lipinski definition) is 0. The second-order valence-corrected chi connectivity index (χ2v) is 6.89. The molecule has 0 spiro atoms. The van der Waals surface area contributed by atoms with E-state index >= 15 is 0 Å². The predicted molar refractivity (Wildman–Crippen MR) is 71.8 cm³/mol. The van der Waals surface area contributed by atoms with Gasteiger partial charge in [-0.1, -0.05) is 33.1 Å². The van der Waals surface area contributed by atoms with Crippen molar-refractivity contribution < 1.29 is 13.2 Å². The molecule has 2 saturated carbocycles. The highest BCUT2D eigenvalue weighted by Crippen LogP contribution is 2.48. The molecule has 2 aliphatic rings. The van der Waals surface area contributed by atoms with Crippen LogP contribution in [0, 0.1) is 29.6 Å². The van der Waals surface area contributed by atoms with E-state index in [4.69, 9.17) is 0 Å². The Labute approximate surface area is 115 Å². The van der Waals surface area contributed by atoms with E-state index in [1.54, 1.807) is 6.92 Å². The summed E-state index contributed by atoms with van der Waals surface area (Å²) in [6.07, 6.45) is 4.25. The van der Waals surface area contributed by atoms with Crippen LogP contribution in [0.1, 0.15) is 65.2 Å². The molecule has 0 aliphatic heterocycles. The molecule has 0 heterocycles. The Bertz CT molecular complexity index is 276. The summed E-state index contributed by atoms with van der Waals surface area (Å²) in [4.78, 5) is 0. The summed E-state index contributed by atoms with van der Waals surface area (Å²) < 4.78 is 39.1. The van der Waals surface area contributed by atoms with Gasteiger partial charge in [-0.05, 0) is 55.8 Å². The molecule has 0 aromatic carbocycles. The smallest absolute Gasteiger partial charge is 0.171 e. The fourth-order valence-corrected chi connectivity index (χ4v) is 4.31. The van der Waals surface area contributed by atoms with Crippen LogP contribution in [0.25, 0.3) is 0 Å². The highest BCUT2D eigenvalue weighted by molar-refractivity contribution is 4.87. The topological polar surface area (TPSA) is 0 Å². The minimum atomic E-state index is -3.99. The summed E-state index contributed by atoms with van der Waals surface area (Å²) in [5, 5.41) is 0. The number of hydrogen-bond donors (Lipinski definition) is 0. The molecule has 1 unspecified atom stereocenters.